The second-order valence-electron chi connectivity index (χ2n) is 5.53. The zero-order chi connectivity index (χ0) is 12.5. The molecule has 0 radical (unpaired) electrons. The predicted octanol–water partition coefficient (Wildman–Crippen LogP) is 2.32. The van der Waals surface area contributed by atoms with Crippen LogP contribution in [-0.4, -0.2) is 12.5 Å². The lowest BCUT2D eigenvalue weighted by Gasteiger charge is -2.18. The van der Waals surface area contributed by atoms with Gasteiger partial charge in [-0.05, 0) is 55.0 Å². The largest absolute Gasteiger partial charge is 0.326 e. The highest BCUT2D eigenvalue weighted by Crippen LogP contribution is 2.37. The molecule has 1 saturated carbocycles. The fourth-order valence-electron chi connectivity index (χ4n) is 2.62. The van der Waals surface area contributed by atoms with Gasteiger partial charge in [0.15, 0.2) is 0 Å². The van der Waals surface area contributed by atoms with Gasteiger partial charge in [0.05, 0.1) is 0 Å². The van der Waals surface area contributed by atoms with E-state index >= 15 is 0 Å². The highest BCUT2D eigenvalue weighted by Gasteiger charge is 2.32. The summed E-state index contributed by atoms with van der Waals surface area (Å²) in [4.78, 5) is 12.0. The Hall–Kier alpha value is -1.35. The Morgan fingerprint density at radius 2 is 2.22 bits per heavy atom. The topological polar surface area (TPSA) is 41.1 Å². The molecule has 0 aromatic heterocycles. The molecule has 0 saturated heterocycles. The number of benzene rings is 1. The van der Waals surface area contributed by atoms with E-state index in [2.05, 4.69) is 22.8 Å². The summed E-state index contributed by atoms with van der Waals surface area (Å²) >= 11 is 0. The Morgan fingerprint density at radius 3 is 3.00 bits per heavy atom. The molecule has 3 nitrogen and oxygen atoms in total. The number of anilines is 1. The lowest BCUT2D eigenvalue weighted by molar-refractivity contribution is -0.119. The van der Waals surface area contributed by atoms with Crippen LogP contribution in [-0.2, 0) is 17.8 Å². The van der Waals surface area contributed by atoms with Gasteiger partial charge in [0, 0.05) is 18.2 Å². The van der Waals surface area contributed by atoms with Gasteiger partial charge in [0.2, 0.25) is 5.91 Å². The maximum absolute atomic E-state index is 12.0. The minimum atomic E-state index is 0.152. The van der Waals surface area contributed by atoms with Crippen molar-refractivity contribution in [2.75, 3.05) is 11.9 Å². The van der Waals surface area contributed by atoms with Crippen LogP contribution < -0.4 is 10.6 Å². The van der Waals surface area contributed by atoms with Gasteiger partial charge < -0.3 is 10.6 Å². The molecule has 0 bridgehead atoms. The van der Waals surface area contributed by atoms with Crippen molar-refractivity contribution in [3.8, 4) is 0 Å². The zero-order valence-electron chi connectivity index (χ0n) is 10.8. The number of fused-ring (bicyclic) bond motifs is 1. The van der Waals surface area contributed by atoms with Crippen LogP contribution in [0.3, 0.4) is 0 Å². The number of amides is 1. The molecule has 1 unspecified atom stereocenters. The standard InChI is InChI=1S/C15H20N2O/c1-10(11-2-3-11)15(18)17-14-5-4-12-6-7-16-9-13(12)8-14/h4-5,8,10-11,16H,2-3,6-7,9H2,1H3,(H,17,18). The van der Waals surface area contributed by atoms with Gasteiger partial charge in [-0.1, -0.05) is 13.0 Å². The van der Waals surface area contributed by atoms with Gasteiger partial charge in [-0.15, -0.1) is 0 Å². The molecule has 0 spiro atoms. The maximum atomic E-state index is 12.0. The maximum Gasteiger partial charge on any atom is 0.227 e. The van der Waals surface area contributed by atoms with E-state index in [0.29, 0.717) is 5.92 Å². The van der Waals surface area contributed by atoms with Crippen LogP contribution >= 0.6 is 0 Å². The quantitative estimate of drug-likeness (QED) is 0.856. The summed E-state index contributed by atoms with van der Waals surface area (Å²) in [6.07, 6.45) is 3.51. The van der Waals surface area contributed by atoms with Crippen molar-refractivity contribution in [3.05, 3.63) is 29.3 Å². The lowest BCUT2D eigenvalue weighted by atomic mass is 10.00. The fraction of sp³-hybridized carbons (Fsp3) is 0.533. The van der Waals surface area contributed by atoms with Crippen LogP contribution in [0.2, 0.25) is 0 Å². The SMILES string of the molecule is CC(C(=O)Nc1ccc2c(c1)CNCC2)C1CC1. The average molecular weight is 244 g/mol. The Morgan fingerprint density at radius 1 is 1.39 bits per heavy atom. The van der Waals surface area contributed by atoms with Crippen molar-refractivity contribution in [2.24, 2.45) is 11.8 Å². The number of rotatable bonds is 3. The predicted molar refractivity (Wildman–Crippen MR) is 72.4 cm³/mol. The molecule has 96 valence electrons. The van der Waals surface area contributed by atoms with E-state index in [1.165, 1.54) is 24.0 Å². The van der Waals surface area contributed by atoms with Crippen molar-refractivity contribution in [2.45, 2.75) is 32.7 Å². The Balaban J connectivity index is 1.70. The van der Waals surface area contributed by atoms with Crippen LogP contribution in [0.25, 0.3) is 0 Å². The third-order valence-corrected chi connectivity index (χ3v) is 4.10. The summed E-state index contributed by atoms with van der Waals surface area (Å²) in [5.41, 5.74) is 3.66. The Labute approximate surface area is 108 Å². The molecular formula is C15H20N2O. The first-order valence-corrected chi connectivity index (χ1v) is 6.87. The third-order valence-electron chi connectivity index (χ3n) is 4.10. The number of hydrogen-bond donors (Lipinski definition) is 2. The summed E-state index contributed by atoms with van der Waals surface area (Å²) in [5.74, 6) is 0.935. The molecule has 3 heteroatoms. The summed E-state index contributed by atoms with van der Waals surface area (Å²) in [5, 5.41) is 6.41. The first-order chi connectivity index (χ1) is 8.74. The number of hydrogen-bond acceptors (Lipinski definition) is 2. The molecular weight excluding hydrogens is 224 g/mol. The van der Waals surface area contributed by atoms with E-state index in [4.69, 9.17) is 0 Å². The minimum Gasteiger partial charge on any atom is -0.326 e. The molecule has 2 N–H and O–H groups in total. The minimum absolute atomic E-state index is 0.152. The molecule has 1 aromatic carbocycles. The van der Waals surface area contributed by atoms with Crippen LogP contribution in [0, 0.1) is 11.8 Å². The van der Waals surface area contributed by atoms with Crippen LogP contribution in [0.4, 0.5) is 5.69 Å². The lowest BCUT2D eigenvalue weighted by Crippen LogP contribution is -2.25. The molecule has 18 heavy (non-hydrogen) atoms. The van der Waals surface area contributed by atoms with Crippen molar-refractivity contribution in [3.63, 3.8) is 0 Å². The number of carbonyl (C=O) groups excluding carboxylic acids is 1. The molecule has 1 atom stereocenters. The van der Waals surface area contributed by atoms with Gasteiger partial charge >= 0.3 is 0 Å². The molecule has 2 aliphatic rings. The van der Waals surface area contributed by atoms with E-state index in [1.54, 1.807) is 0 Å². The van der Waals surface area contributed by atoms with Gasteiger partial charge in [-0.2, -0.15) is 0 Å². The Kier molecular flexibility index (Phi) is 3.08. The second kappa shape index (κ2) is 4.73. The molecule has 3 rings (SSSR count). The van der Waals surface area contributed by atoms with Crippen LogP contribution in [0.15, 0.2) is 18.2 Å². The first kappa shape index (κ1) is 11.7. The Bertz CT molecular complexity index is 466. The summed E-state index contributed by atoms with van der Waals surface area (Å²) in [7, 11) is 0. The summed E-state index contributed by atoms with van der Waals surface area (Å²) < 4.78 is 0. The van der Waals surface area contributed by atoms with E-state index in [1.807, 2.05) is 13.0 Å². The van der Waals surface area contributed by atoms with E-state index in [-0.39, 0.29) is 11.8 Å². The highest BCUT2D eigenvalue weighted by atomic mass is 16.1. The molecule has 1 aliphatic carbocycles. The average Bonchev–Trinajstić information content (AvgIpc) is 3.22. The van der Waals surface area contributed by atoms with Crippen molar-refractivity contribution in [1.29, 1.82) is 0 Å². The van der Waals surface area contributed by atoms with E-state index in [9.17, 15) is 4.79 Å². The third kappa shape index (κ3) is 2.41. The van der Waals surface area contributed by atoms with Gasteiger partial charge in [-0.25, -0.2) is 0 Å². The fourth-order valence-corrected chi connectivity index (χ4v) is 2.62. The van der Waals surface area contributed by atoms with Gasteiger partial charge in [-0.3, -0.25) is 4.79 Å². The van der Waals surface area contributed by atoms with Crippen LogP contribution in [0.1, 0.15) is 30.9 Å². The molecule has 1 aliphatic heterocycles. The smallest absolute Gasteiger partial charge is 0.227 e. The van der Waals surface area contributed by atoms with Crippen LogP contribution in [0.5, 0.6) is 0 Å². The summed E-state index contributed by atoms with van der Waals surface area (Å²) in [6.45, 7) is 4.00. The highest BCUT2D eigenvalue weighted by molar-refractivity contribution is 5.92. The molecule has 1 aromatic rings. The number of carbonyl (C=O) groups is 1. The van der Waals surface area contributed by atoms with Gasteiger partial charge in [0.25, 0.3) is 0 Å². The normalized spacial score (nSPS) is 20.1. The van der Waals surface area contributed by atoms with Crippen molar-refractivity contribution in [1.82, 2.24) is 5.32 Å². The molecule has 1 fully saturated rings. The summed E-state index contributed by atoms with van der Waals surface area (Å²) in [6, 6.07) is 6.29. The number of nitrogens with one attached hydrogen (secondary N) is 2. The van der Waals surface area contributed by atoms with Gasteiger partial charge in [0.1, 0.15) is 0 Å². The zero-order valence-corrected chi connectivity index (χ0v) is 10.8. The van der Waals surface area contributed by atoms with Crippen molar-refractivity contribution >= 4 is 11.6 Å². The van der Waals surface area contributed by atoms with E-state index in [0.717, 1.165) is 25.2 Å². The van der Waals surface area contributed by atoms with E-state index < -0.39 is 0 Å². The molecule has 1 amide bonds. The second-order valence-corrected chi connectivity index (χ2v) is 5.53. The van der Waals surface area contributed by atoms with Crippen molar-refractivity contribution < 1.29 is 4.79 Å². The first-order valence-electron chi connectivity index (χ1n) is 6.87. The monoisotopic (exact) mass is 244 g/mol. The molecule has 1 heterocycles.